The molecule has 0 N–H and O–H groups in total. The fourth-order valence-electron chi connectivity index (χ4n) is 5.49. The molecule has 30 heavy (non-hydrogen) atoms. The molecule has 2 amide bonds. The fraction of sp³-hybridized carbons (Fsp3) is 0.667. The van der Waals surface area contributed by atoms with Crippen molar-refractivity contribution in [2.45, 2.75) is 45.1 Å². The molecule has 4 fully saturated rings. The average Bonchev–Trinajstić information content (AvgIpc) is 3.06. The van der Waals surface area contributed by atoms with Gasteiger partial charge in [0.1, 0.15) is 6.61 Å². The van der Waals surface area contributed by atoms with Crippen molar-refractivity contribution in [3.63, 3.8) is 0 Å². The lowest BCUT2D eigenvalue weighted by Gasteiger charge is -2.46. The summed E-state index contributed by atoms with van der Waals surface area (Å²) in [7, 11) is 0. The highest BCUT2D eigenvalue weighted by atomic mass is 16.5. The molecule has 0 bridgehead atoms. The number of amides is 2. The van der Waals surface area contributed by atoms with Crippen molar-refractivity contribution in [2.24, 2.45) is 11.3 Å². The molecule has 1 aromatic carbocycles. The van der Waals surface area contributed by atoms with Gasteiger partial charge in [0.05, 0.1) is 6.10 Å². The van der Waals surface area contributed by atoms with Gasteiger partial charge in [-0.2, -0.15) is 0 Å². The van der Waals surface area contributed by atoms with E-state index in [0.717, 1.165) is 39.1 Å². The van der Waals surface area contributed by atoms with Crippen LogP contribution in [0.25, 0.3) is 0 Å². The number of rotatable bonds is 2. The first kappa shape index (κ1) is 19.9. The zero-order valence-corrected chi connectivity index (χ0v) is 18.2. The lowest BCUT2D eigenvalue weighted by Crippen LogP contribution is -2.58. The number of urea groups is 1. The molecule has 1 aromatic rings. The predicted octanol–water partition coefficient (Wildman–Crippen LogP) is 3.12. The van der Waals surface area contributed by atoms with Crippen LogP contribution in [-0.2, 0) is 9.53 Å². The Morgan fingerprint density at radius 3 is 2.53 bits per heavy atom. The molecule has 6 nitrogen and oxygen atoms in total. The Bertz CT molecular complexity index is 815. The minimum absolute atomic E-state index is 0.124. The Labute approximate surface area is 179 Å². The molecule has 4 aliphatic heterocycles. The molecule has 2 atom stereocenters. The van der Waals surface area contributed by atoms with Crippen molar-refractivity contribution >= 4 is 17.5 Å². The first-order valence-electron chi connectivity index (χ1n) is 11.4. The summed E-state index contributed by atoms with van der Waals surface area (Å²) in [6, 6.07) is 9.09. The summed E-state index contributed by atoms with van der Waals surface area (Å²) < 4.78 is 5.65. The number of likely N-dealkylation sites (tertiary alicyclic amines) is 2. The second-order valence-electron chi connectivity index (χ2n) is 10.4. The van der Waals surface area contributed by atoms with Gasteiger partial charge in [-0.15, -0.1) is 0 Å². The van der Waals surface area contributed by atoms with E-state index in [1.54, 1.807) is 0 Å². The van der Waals surface area contributed by atoms with E-state index in [9.17, 15) is 9.59 Å². The summed E-state index contributed by atoms with van der Waals surface area (Å²) in [6.07, 6.45) is 2.79. The van der Waals surface area contributed by atoms with Crippen molar-refractivity contribution in [3.8, 4) is 0 Å². The molecular formula is C24H33N3O3. The molecular weight excluding hydrogens is 378 g/mol. The van der Waals surface area contributed by atoms with Gasteiger partial charge in [0.15, 0.2) is 5.78 Å². The van der Waals surface area contributed by atoms with E-state index in [-0.39, 0.29) is 30.4 Å². The van der Waals surface area contributed by atoms with Crippen LogP contribution in [0, 0.1) is 11.3 Å². The van der Waals surface area contributed by atoms with Crippen molar-refractivity contribution in [3.05, 3.63) is 29.8 Å². The Balaban J connectivity index is 1.14. The molecule has 6 heteroatoms. The maximum absolute atomic E-state index is 12.9. The molecule has 4 saturated heterocycles. The summed E-state index contributed by atoms with van der Waals surface area (Å²) in [5.74, 6) is 0.759. The molecule has 162 valence electrons. The number of anilines is 1. The van der Waals surface area contributed by atoms with Crippen LogP contribution in [0.3, 0.4) is 0 Å². The number of fused-ring (bicyclic) bond motifs is 1. The number of hydrogen-bond donors (Lipinski definition) is 0. The van der Waals surface area contributed by atoms with E-state index in [2.05, 4.69) is 43.0 Å². The SMILES string of the molecule is CC1(C)CCN(c2ccc(C3CN(C(=O)N4CC[C@@H]5OCC(=O)C[C@@H]5C4)C3)cc2)C1. The number of piperidine rings is 1. The summed E-state index contributed by atoms with van der Waals surface area (Å²) in [5.41, 5.74) is 3.04. The molecule has 0 unspecified atom stereocenters. The van der Waals surface area contributed by atoms with Crippen LogP contribution in [0.15, 0.2) is 24.3 Å². The normalized spacial score (nSPS) is 29.0. The minimum Gasteiger partial charge on any atom is -0.371 e. The summed E-state index contributed by atoms with van der Waals surface area (Å²) >= 11 is 0. The molecule has 4 heterocycles. The van der Waals surface area contributed by atoms with Crippen molar-refractivity contribution in [1.29, 1.82) is 0 Å². The van der Waals surface area contributed by atoms with Gasteiger partial charge in [-0.1, -0.05) is 26.0 Å². The third-order valence-electron chi connectivity index (χ3n) is 7.44. The number of carbonyl (C=O) groups is 2. The molecule has 0 spiro atoms. The third-order valence-corrected chi connectivity index (χ3v) is 7.44. The van der Waals surface area contributed by atoms with Crippen LogP contribution in [0.5, 0.6) is 0 Å². The Kier molecular flexibility index (Phi) is 5.00. The van der Waals surface area contributed by atoms with E-state index in [1.807, 2.05) is 9.80 Å². The maximum Gasteiger partial charge on any atom is 0.320 e. The highest BCUT2D eigenvalue weighted by molar-refractivity contribution is 5.81. The predicted molar refractivity (Wildman–Crippen MR) is 116 cm³/mol. The molecule has 0 aliphatic carbocycles. The molecule has 4 aliphatic rings. The summed E-state index contributed by atoms with van der Waals surface area (Å²) in [6.45, 7) is 10.1. The second-order valence-corrected chi connectivity index (χ2v) is 10.4. The Hall–Kier alpha value is -2.08. The summed E-state index contributed by atoms with van der Waals surface area (Å²) in [4.78, 5) is 31.0. The molecule has 5 rings (SSSR count). The maximum atomic E-state index is 12.9. The van der Waals surface area contributed by atoms with Gasteiger partial charge in [-0.25, -0.2) is 4.79 Å². The van der Waals surface area contributed by atoms with Gasteiger partial charge in [-0.05, 0) is 36.0 Å². The monoisotopic (exact) mass is 411 g/mol. The van der Waals surface area contributed by atoms with Gasteiger partial charge in [0.25, 0.3) is 0 Å². The van der Waals surface area contributed by atoms with E-state index >= 15 is 0 Å². The molecule has 0 saturated carbocycles. The fourth-order valence-corrected chi connectivity index (χ4v) is 5.49. The van der Waals surface area contributed by atoms with Crippen molar-refractivity contribution in [2.75, 3.05) is 50.8 Å². The standard InChI is InChI=1S/C24H33N3O3/c1-24(2)8-10-26(16-24)20-5-3-17(4-6-20)19-13-27(14-19)23(29)25-9-7-22-18(12-25)11-21(28)15-30-22/h3-6,18-19,22H,7-16H2,1-2H3/t18-,22+/m1/s1. The largest absolute Gasteiger partial charge is 0.371 e. The van der Waals surface area contributed by atoms with Crippen LogP contribution >= 0.6 is 0 Å². The number of nitrogens with zero attached hydrogens (tertiary/aromatic N) is 3. The Morgan fingerprint density at radius 1 is 1.07 bits per heavy atom. The van der Waals surface area contributed by atoms with Gasteiger partial charge >= 0.3 is 6.03 Å². The number of benzene rings is 1. The highest BCUT2D eigenvalue weighted by Gasteiger charge is 2.40. The van der Waals surface area contributed by atoms with Gasteiger partial charge in [-0.3, -0.25) is 4.79 Å². The number of ketones is 1. The zero-order valence-electron chi connectivity index (χ0n) is 18.2. The quantitative estimate of drug-likeness (QED) is 0.750. The second kappa shape index (κ2) is 7.56. The third kappa shape index (κ3) is 3.82. The van der Waals surface area contributed by atoms with E-state index in [0.29, 0.717) is 24.3 Å². The lowest BCUT2D eigenvalue weighted by atomic mass is 9.87. The van der Waals surface area contributed by atoms with Crippen LogP contribution in [0.4, 0.5) is 10.5 Å². The van der Waals surface area contributed by atoms with E-state index in [1.165, 1.54) is 17.7 Å². The number of carbonyl (C=O) groups excluding carboxylic acids is 2. The van der Waals surface area contributed by atoms with Crippen molar-refractivity contribution < 1.29 is 14.3 Å². The van der Waals surface area contributed by atoms with Crippen LogP contribution in [-0.4, -0.2) is 73.6 Å². The summed E-state index contributed by atoms with van der Waals surface area (Å²) in [5, 5.41) is 0. The Morgan fingerprint density at radius 2 is 1.83 bits per heavy atom. The molecule has 0 aromatic heterocycles. The number of Topliss-reactive ketones (excluding diaryl/α,β-unsaturated/α-hetero) is 1. The van der Waals surface area contributed by atoms with Crippen LogP contribution in [0.2, 0.25) is 0 Å². The number of ether oxygens (including phenoxy) is 1. The smallest absolute Gasteiger partial charge is 0.320 e. The number of hydrogen-bond acceptors (Lipinski definition) is 4. The van der Waals surface area contributed by atoms with Crippen LogP contribution < -0.4 is 4.90 Å². The van der Waals surface area contributed by atoms with Gasteiger partial charge < -0.3 is 19.4 Å². The van der Waals surface area contributed by atoms with Gasteiger partial charge in [0, 0.05) is 63.2 Å². The first-order valence-corrected chi connectivity index (χ1v) is 11.4. The topological polar surface area (TPSA) is 53.1 Å². The minimum atomic E-state index is 0.124. The lowest BCUT2D eigenvalue weighted by molar-refractivity contribution is -0.140. The first-order chi connectivity index (χ1) is 14.4. The zero-order chi connectivity index (χ0) is 20.9. The average molecular weight is 412 g/mol. The van der Waals surface area contributed by atoms with Gasteiger partial charge in [0.2, 0.25) is 0 Å². The van der Waals surface area contributed by atoms with E-state index in [4.69, 9.17) is 4.74 Å². The highest BCUT2D eigenvalue weighted by Crippen LogP contribution is 2.35. The van der Waals surface area contributed by atoms with E-state index < -0.39 is 0 Å². The van der Waals surface area contributed by atoms with Crippen LogP contribution in [0.1, 0.15) is 44.6 Å². The molecule has 0 radical (unpaired) electrons. The van der Waals surface area contributed by atoms with Crippen molar-refractivity contribution in [1.82, 2.24) is 9.80 Å².